The van der Waals surface area contributed by atoms with E-state index in [4.69, 9.17) is 26.7 Å². The van der Waals surface area contributed by atoms with Crippen LogP contribution in [0, 0.1) is 11.3 Å². The van der Waals surface area contributed by atoms with Gasteiger partial charge in [-0.15, -0.1) is 10.2 Å². The van der Waals surface area contributed by atoms with E-state index in [9.17, 15) is 10.1 Å². The van der Waals surface area contributed by atoms with Gasteiger partial charge in [0.2, 0.25) is 23.8 Å². The fourth-order valence-electron chi connectivity index (χ4n) is 4.37. The number of nitrogen functional groups attached to an aromatic ring is 2. The van der Waals surface area contributed by atoms with Gasteiger partial charge in [-0.1, -0.05) is 36.4 Å². The lowest BCUT2D eigenvalue weighted by Crippen LogP contribution is -2.13. The van der Waals surface area contributed by atoms with Crippen LogP contribution >= 0.6 is 0 Å². The van der Waals surface area contributed by atoms with Crippen molar-refractivity contribution in [1.29, 1.82) is 5.26 Å². The molecule has 236 valence electrons. The van der Waals surface area contributed by atoms with Gasteiger partial charge in [-0.05, 0) is 60.7 Å². The molecule has 0 atom stereocenters. The number of aromatic nitrogens is 6. The highest BCUT2D eigenvalue weighted by atomic mass is 16.5. The third kappa shape index (κ3) is 7.36. The molecule has 0 bridgehead atoms. The number of ether oxygens (including phenoxy) is 2. The van der Waals surface area contributed by atoms with Gasteiger partial charge in [-0.2, -0.15) is 24.6 Å². The average Bonchev–Trinajstić information content (AvgIpc) is 3.65. The highest BCUT2D eigenvalue weighted by Gasteiger charge is 2.15. The van der Waals surface area contributed by atoms with Gasteiger partial charge in [0.15, 0.2) is 0 Å². The van der Waals surface area contributed by atoms with Crippen LogP contribution in [-0.2, 0) is 0 Å². The summed E-state index contributed by atoms with van der Waals surface area (Å²) >= 11 is 0. The summed E-state index contributed by atoms with van der Waals surface area (Å²) in [7, 11) is 2.98. The minimum absolute atomic E-state index is 0.175. The zero-order valence-electron chi connectivity index (χ0n) is 25.3. The normalized spacial score (nSPS) is 10.2. The third-order valence-electron chi connectivity index (χ3n) is 6.57. The molecule has 0 spiro atoms. The number of nitrogens with two attached hydrogens (primary N) is 3. The van der Waals surface area contributed by atoms with Crippen LogP contribution in [0.25, 0.3) is 11.4 Å². The number of para-hydroxylation sites is 2. The topological polar surface area (TPSA) is 223 Å². The highest BCUT2D eigenvalue weighted by Crippen LogP contribution is 2.25. The van der Waals surface area contributed by atoms with Gasteiger partial charge in [0, 0.05) is 11.4 Å². The monoisotopic (exact) mass is 630 g/mol. The summed E-state index contributed by atoms with van der Waals surface area (Å²) in [6.07, 6.45) is 0. The van der Waals surface area contributed by atoms with E-state index in [-0.39, 0.29) is 17.5 Å². The smallest absolute Gasteiger partial charge is 0.252 e. The van der Waals surface area contributed by atoms with Crippen LogP contribution in [0.15, 0.2) is 97.1 Å². The predicted molar refractivity (Wildman–Crippen MR) is 177 cm³/mol. The van der Waals surface area contributed by atoms with Crippen LogP contribution in [-0.4, -0.2) is 49.7 Å². The number of hydrogen-bond donors (Lipinski definition) is 5. The van der Waals surface area contributed by atoms with Crippen LogP contribution in [0.1, 0.15) is 15.9 Å². The maximum absolute atomic E-state index is 11.5. The van der Waals surface area contributed by atoms with E-state index in [2.05, 4.69) is 36.9 Å². The lowest BCUT2D eigenvalue weighted by atomic mass is 10.1. The molecule has 0 aliphatic heterocycles. The summed E-state index contributed by atoms with van der Waals surface area (Å²) in [5, 5.41) is 23.9. The number of carbonyl (C=O) groups is 1. The Labute approximate surface area is 269 Å². The molecule has 0 aliphatic rings. The lowest BCUT2D eigenvalue weighted by molar-refractivity contribution is 0.0997. The van der Waals surface area contributed by atoms with Gasteiger partial charge in [-0.3, -0.25) is 4.79 Å². The summed E-state index contributed by atoms with van der Waals surface area (Å²) in [6.45, 7) is 0. The molecule has 6 aromatic rings. The number of amides is 1. The molecule has 0 saturated heterocycles. The first-order valence-electron chi connectivity index (χ1n) is 14.0. The molecule has 15 heteroatoms. The Morgan fingerprint density at radius 3 is 1.64 bits per heavy atom. The van der Waals surface area contributed by atoms with Crippen molar-refractivity contribution in [2.24, 2.45) is 5.73 Å². The maximum Gasteiger partial charge on any atom is 0.252 e. The van der Waals surface area contributed by atoms with Crippen molar-refractivity contribution in [3.05, 3.63) is 108 Å². The van der Waals surface area contributed by atoms with E-state index in [0.29, 0.717) is 40.3 Å². The van der Waals surface area contributed by atoms with Crippen LogP contribution in [0.3, 0.4) is 0 Å². The second-order valence-electron chi connectivity index (χ2n) is 9.64. The summed E-state index contributed by atoms with van der Waals surface area (Å²) in [5.74, 6) is 1.39. The summed E-state index contributed by atoms with van der Waals surface area (Å²) in [5.41, 5.74) is 20.7. The number of anilines is 6. The highest BCUT2D eigenvalue weighted by molar-refractivity contribution is 5.96. The molecule has 15 nitrogen and oxygen atoms in total. The summed E-state index contributed by atoms with van der Waals surface area (Å²) in [6, 6.07) is 31.1. The van der Waals surface area contributed by atoms with Crippen LogP contribution in [0.4, 0.5) is 35.2 Å². The largest absolute Gasteiger partial charge is 0.496 e. The first-order chi connectivity index (χ1) is 22.8. The number of nitriles is 1. The predicted octanol–water partition coefficient (Wildman–Crippen LogP) is 4.17. The molecule has 4 aromatic carbocycles. The number of nitrogens with zero attached hydrogens (tertiary/aromatic N) is 7. The fourth-order valence-corrected chi connectivity index (χ4v) is 4.37. The van der Waals surface area contributed by atoms with Crippen LogP contribution in [0.5, 0.6) is 11.5 Å². The van der Waals surface area contributed by atoms with Crippen molar-refractivity contribution in [3.63, 3.8) is 0 Å². The van der Waals surface area contributed by atoms with Gasteiger partial charge >= 0.3 is 0 Å². The molecule has 0 radical (unpaired) electrons. The number of carbonyl (C=O) groups excluding carboxylic acids is 1. The van der Waals surface area contributed by atoms with Crippen molar-refractivity contribution in [2.45, 2.75) is 0 Å². The zero-order valence-corrected chi connectivity index (χ0v) is 25.3. The standard InChI is InChI=1S/C16H16N6O2.C16H14N6O/c1-24-13-8-7-11(9-12(13)14(17)23)22-15(18)20-16(21-22)19-10-5-3-2-4-6-10;1-23-14-8-7-13(9-11(14)10-17)22-15(18)20-16(21-22)19-12-5-3-2-4-6-12/h2-9H,1H3,(H2,17,23)(H3,18,19,20,21);2-9H,1H3,(H3,18,19,20,21). The Bertz CT molecular complexity index is 2040. The van der Waals surface area contributed by atoms with Crippen molar-refractivity contribution < 1.29 is 14.3 Å². The number of primary amides is 1. The SMILES string of the molecule is COc1ccc(-n2nc(Nc3ccccc3)nc2N)cc1C#N.COc1ccc(-n2nc(Nc3ccccc3)nc2N)cc1C(N)=O. The molecule has 8 N–H and O–H groups in total. The molecule has 1 amide bonds. The van der Waals surface area contributed by atoms with Crippen LogP contribution in [0.2, 0.25) is 0 Å². The van der Waals surface area contributed by atoms with Crippen LogP contribution < -0.4 is 37.3 Å². The number of hydrogen-bond acceptors (Lipinski definition) is 12. The Morgan fingerprint density at radius 2 is 1.19 bits per heavy atom. The van der Waals surface area contributed by atoms with E-state index in [1.807, 2.05) is 60.7 Å². The first-order valence-corrected chi connectivity index (χ1v) is 14.0. The van der Waals surface area contributed by atoms with E-state index in [0.717, 1.165) is 11.4 Å². The van der Waals surface area contributed by atoms with E-state index < -0.39 is 5.91 Å². The van der Waals surface area contributed by atoms with Crippen molar-refractivity contribution >= 4 is 41.1 Å². The number of nitrogens with one attached hydrogen (secondary N) is 2. The summed E-state index contributed by atoms with van der Waals surface area (Å²) < 4.78 is 13.1. The molecular formula is C32H30N12O3. The van der Waals surface area contributed by atoms with Crippen molar-refractivity contribution in [1.82, 2.24) is 29.5 Å². The minimum Gasteiger partial charge on any atom is -0.496 e. The first kappa shape index (κ1) is 31.3. The minimum atomic E-state index is -0.602. The van der Waals surface area contributed by atoms with Gasteiger partial charge < -0.3 is 37.3 Å². The molecule has 0 unspecified atom stereocenters. The number of methoxy groups -OCH3 is 2. The van der Waals surface area contributed by atoms with Gasteiger partial charge in [0.1, 0.15) is 17.6 Å². The second-order valence-corrected chi connectivity index (χ2v) is 9.64. The maximum atomic E-state index is 11.5. The Morgan fingerprint density at radius 1 is 0.723 bits per heavy atom. The average molecular weight is 631 g/mol. The molecule has 0 saturated carbocycles. The molecule has 2 aromatic heterocycles. The second kappa shape index (κ2) is 14.1. The molecule has 47 heavy (non-hydrogen) atoms. The fraction of sp³-hybridized carbons (Fsp3) is 0.0625. The van der Waals surface area contributed by atoms with Crippen molar-refractivity contribution in [3.8, 4) is 28.9 Å². The molecule has 0 fully saturated rings. The molecular weight excluding hydrogens is 600 g/mol. The molecule has 0 aliphatic carbocycles. The lowest BCUT2D eigenvalue weighted by Gasteiger charge is -2.08. The zero-order chi connectivity index (χ0) is 33.3. The molecule has 6 rings (SSSR count). The number of rotatable bonds is 9. The quantitative estimate of drug-likeness (QED) is 0.152. The third-order valence-corrected chi connectivity index (χ3v) is 6.57. The molecule has 2 heterocycles. The Kier molecular flexibility index (Phi) is 9.43. The van der Waals surface area contributed by atoms with Gasteiger partial charge in [-0.25, -0.2) is 0 Å². The Balaban J connectivity index is 0.000000185. The van der Waals surface area contributed by atoms with E-state index >= 15 is 0 Å². The Hall–Kier alpha value is -7.08. The summed E-state index contributed by atoms with van der Waals surface area (Å²) in [4.78, 5) is 19.9. The van der Waals surface area contributed by atoms with E-state index in [1.165, 1.54) is 23.6 Å². The van der Waals surface area contributed by atoms with Gasteiger partial charge in [0.25, 0.3) is 5.91 Å². The number of benzene rings is 4. The van der Waals surface area contributed by atoms with E-state index in [1.54, 1.807) is 36.4 Å². The van der Waals surface area contributed by atoms with Crippen molar-refractivity contribution in [2.75, 3.05) is 36.3 Å². The van der Waals surface area contributed by atoms with Gasteiger partial charge in [0.05, 0.1) is 36.7 Å².